The van der Waals surface area contributed by atoms with E-state index in [1.807, 2.05) is 61.5 Å². The van der Waals surface area contributed by atoms with Gasteiger partial charge in [-0.1, -0.05) is 42.5 Å². The number of carbonyl (C=O) groups excluding carboxylic acids is 3. The van der Waals surface area contributed by atoms with Crippen molar-refractivity contribution in [3.05, 3.63) is 114 Å². The van der Waals surface area contributed by atoms with Crippen molar-refractivity contribution >= 4 is 34.5 Å². The summed E-state index contributed by atoms with van der Waals surface area (Å²) in [7, 11) is 1.55. The molecule has 0 N–H and O–H groups in total. The van der Waals surface area contributed by atoms with Gasteiger partial charge in [0, 0.05) is 11.1 Å². The highest BCUT2D eigenvalue weighted by Gasteiger charge is 2.46. The Balaban J connectivity index is 1.31. The number of amides is 3. The second-order valence-electron chi connectivity index (χ2n) is 9.85. The largest absolute Gasteiger partial charge is 0.497 e. The van der Waals surface area contributed by atoms with Crippen LogP contribution in [0, 0.1) is 0 Å². The summed E-state index contributed by atoms with van der Waals surface area (Å²) in [4.78, 5) is 48.3. The number of para-hydroxylation sites is 2. The molecule has 1 saturated heterocycles. The fourth-order valence-electron chi connectivity index (χ4n) is 5.22. The Morgan fingerprint density at radius 2 is 1.61 bits per heavy atom. The molecule has 1 fully saturated rings. The van der Waals surface area contributed by atoms with Gasteiger partial charge in [-0.05, 0) is 73.2 Å². The Morgan fingerprint density at radius 1 is 0.927 bits per heavy atom. The van der Waals surface area contributed by atoms with E-state index in [0.29, 0.717) is 28.5 Å². The van der Waals surface area contributed by atoms with Crippen molar-refractivity contribution in [1.29, 1.82) is 0 Å². The van der Waals surface area contributed by atoms with Gasteiger partial charge in [0.25, 0.3) is 11.8 Å². The number of carbonyl (C=O) groups is 3. The number of rotatable bonds is 7. The number of hydrogen-bond donors (Lipinski definition) is 0. The highest BCUT2D eigenvalue weighted by molar-refractivity contribution is 6.23. The molecule has 0 bridgehead atoms. The van der Waals surface area contributed by atoms with Gasteiger partial charge in [0.1, 0.15) is 17.3 Å². The monoisotopic (exact) mass is 545 g/mol. The second-order valence-corrected chi connectivity index (χ2v) is 9.85. The molecule has 1 aromatic heterocycles. The molecule has 1 aliphatic rings. The van der Waals surface area contributed by atoms with E-state index in [-0.39, 0.29) is 18.2 Å². The number of oxazole rings is 1. The zero-order valence-electron chi connectivity index (χ0n) is 22.6. The molecule has 2 atom stereocenters. The number of methoxy groups -OCH3 is 1. The van der Waals surface area contributed by atoms with Crippen molar-refractivity contribution in [3.63, 3.8) is 0 Å². The van der Waals surface area contributed by atoms with Gasteiger partial charge in [0.05, 0.1) is 25.3 Å². The molecule has 4 aromatic carbocycles. The summed E-state index contributed by atoms with van der Waals surface area (Å²) in [5.74, 6) is -0.105. The maximum Gasteiger partial charge on any atom is 0.257 e. The standard InChI is InChI=1S/C33H27N3O5/c1-21(22-8-4-3-5-9-22)35(32(38)24-14-18-26(40-2)19-15-24)28-20-30(37)36(33(28)39)25-16-12-23(13-17-25)31-34-27-10-6-7-11-29(27)41-31/h3-19,21,28H,20H2,1-2H3. The van der Waals surface area contributed by atoms with Gasteiger partial charge in [-0.25, -0.2) is 9.88 Å². The smallest absolute Gasteiger partial charge is 0.257 e. The Morgan fingerprint density at radius 3 is 2.29 bits per heavy atom. The molecule has 0 radical (unpaired) electrons. The molecular weight excluding hydrogens is 518 g/mol. The second kappa shape index (κ2) is 10.7. The Hall–Kier alpha value is -5.24. The molecule has 0 aliphatic carbocycles. The normalized spacial score (nSPS) is 15.8. The van der Waals surface area contributed by atoms with Crippen LogP contribution in [0.5, 0.6) is 5.75 Å². The first-order valence-corrected chi connectivity index (χ1v) is 13.3. The van der Waals surface area contributed by atoms with Gasteiger partial charge in [0.2, 0.25) is 11.8 Å². The Bertz CT molecular complexity index is 1700. The molecule has 0 saturated carbocycles. The molecule has 2 unspecified atom stereocenters. The lowest BCUT2D eigenvalue weighted by Crippen LogP contribution is -2.46. The van der Waals surface area contributed by atoms with Gasteiger partial charge >= 0.3 is 0 Å². The number of nitrogens with zero attached hydrogens (tertiary/aromatic N) is 3. The highest BCUT2D eigenvalue weighted by atomic mass is 16.5. The first kappa shape index (κ1) is 26.0. The Labute approximate surface area is 236 Å². The van der Waals surface area contributed by atoms with Crippen LogP contribution in [0.4, 0.5) is 5.69 Å². The topological polar surface area (TPSA) is 92.9 Å². The molecule has 204 valence electrons. The first-order chi connectivity index (χ1) is 19.9. The third-order valence-electron chi connectivity index (χ3n) is 7.40. The lowest BCUT2D eigenvalue weighted by molar-refractivity contribution is -0.122. The molecule has 41 heavy (non-hydrogen) atoms. The average Bonchev–Trinajstić information content (AvgIpc) is 3.58. The third-order valence-corrected chi connectivity index (χ3v) is 7.40. The zero-order valence-corrected chi connectivity index (χ0v) is 22.6. The number of ether oxygens (including phenoxy) is 1. The van der Waals surface area contributed by atoms with Gasteiger partial charge < -0.3 is 14.1 Å². The van der Waals surface area contributed by atoms with E-state index < -0.39 is 18.0 Å². The molecular formula is C33H27N3O5. The zero-order chi connectivity index (χ0) is 28.5. The molecule has 8 nitrogen and oxygen atoms in total. The molecule has 5 aromatic rings. The molecule has 6 rings (SSSR count). The summed E-state index contributed by atoms with van der Waals surface area (Å²) in [6.07, 6.45) is -0.120. The third kappa shape index (κ3) is 4.84. The van der Waals surface area contributed by atoms with Crippen molar-refractivity contribution in [1.82, 2.24) is 9.88 Å². The van der Waals surface area contributed by atoms with Gasteiger partial charge in [-0.2, -0.15) is 0 Å². The van der Waals surface area contributed by atoms with E-state index >= 15 is 0 Å². The van der Waals surface area contributed by atoms with E-state index in [0.717, 1.165) is 21.5 Å². The lowest BCUT2D eigenvalue weighted by Gasteiger charge is -2.33. The van der Waals surface area contributed by atoms with Crippen LogP contribution < -0.4 is 9.64 Å². The molecule has 2 heterocycles. The number of benzene rings is 4. The summed E-state index contributed by atoms with van der Waals surface area (Å²) in [5.41, 5.74) is 3.81. The minimum absolute atomic E-state index is 0.120. The number of aromatic nitrogens is 1. The minimum atomic E-state index is -0.968. The van der Waals surface area contributed by atoms with Crippen molar-refractivity contribution in [2.24, 2.45) is 0 Å². The summed E-state index contributed by atoms with van der Waals surface area (Å²) < 4.78 is 11.1. The van der Waals surface area contributed by atoms with Crippen molar-refractivity contribution in [3.8, 4) is 17.2 Å². The van der Waals surface area contributed by atoms with E-state index in [2.05, 4.69) is 4.98 Å². The van der Waals surface area contributed by atoms with Crippen LogP contribution in [0.25, 0.3) is 22.6 Å². The van der Waals surface area contributed by atoms with Crippen molar-refractivity contribution in [2.45, 2.75) is 25.4 Å². The highest BCUT2D eigenvalue weighted by Crippen LogP contribution is 2.34. The van der Waals surface area contributed by atoms with Crippen molar-refractivity contribution in [2.75, 3.05) is 12.0 Å². The fraction of sp³-hybridized carbons (Fsp3) is 0.152. The summed E-state index contributed by atoms with van der Waals surface area (Å²) >= 11 is 0. The number of hydrogen-bond acceptors (Lipinski definition) is 6. The van der Waals surface area contributed by atoms with Crippen molar-refractivity contribution < 1.29 is 23.5 Å². The van der Waals surface area contributed by atoms with Crippen LogP contribution in [0.2, 0.25) is 0 Å². The number of anilines is 1. The van der Waals surface area contributed by atoms with E-state index in [9.17, 15) is 14.4 Å². The van der Waals surface area contributed by atoms with Crippen LogP contribution in [-0.4, -0.2) is 40.8 Å². The van der Waals surface area contributed by atoms with E-state index in [4.69, 9.17) is 9.15 Å². The Kier molecular flexibility index (Phi) is 6.81. The van der Waals surface area contributed by atoms with E-state index in [1.165, 1.54) is 4.90 Å². The maximum absolute atomic E-state index is 13.9. The molecule has 1 aliphatic heterocycles. The quantitative estimate of drug-likeness (QED) is 0.232. The van der Waals surface area contributed by atoms with Crippen LogP contribution in [0.1, 0.15) is 35.3 Å². The molecule has 0 spiro atoms. The average molecular weight is 546 g/mol. The summed E-state index contributed by atoms with van der Waals surface area (Å²) in [5, 5.41) is 0. The van der Waals surface area contributed by atoms with Crippen LogP contribution in [0.15, 0.2) is 108 Å². The molecule has 3 amide bonds. The maximum atomic E-state index is 13.9. The lowest BCUT2D eigenvalue weighted by atomic mass is 10.0. The first-order valence-electron chi connectivity index (χ1n) is 13.3. The van der Waals surface area contributed by atoms with E-state index in [1.54, 1.807) is 55.6 Å². The van der Waals surface area contributed by atoms with Gasteiger partial charge in [-0.3, -0.25) is 14.4 Å². The predicted octanol–water partition coefficient (Wildman–Crippen LogP) is 6.04. The van der Waals surface area contributed by atoms with Crippen LogP contribution >= 0.6 is 0 Å². The minimum Gasteiger partial charge on any atom is -0.497 e. The van der Waals surface area contributed by atoms with Crippen LogP contribution in [-0.2, 0) is 9.59 Å². The predicted molar refractivity (Wildman–Crippen MR) is 154 cm³/mol. The fourth-order valence-corrected chi connectivity index (χ4v) is 5.22. The summed E-state index contributed by atoms with van der Waals surface area (Å²) in [6, 6.07) is 29.2. The summed E-state index contributed by atoms with van der Waals surface area (Å²) in [6.45, 7) is 1.87. The SMILES string of the molecule is COc1ccc(C(=O)N(C2CC(=O)N(c3ccc(-c4nc5ccccc5o4)cc3)C2=O)C(C)c2ccccc2)cc1. The number of imide groups is 1. The van der Waals surface area contributed by atoms with Gasteiger partial charge in [0.15, 0.2) is 5.58 Å². The van der Waals surface area contributed by atoms with Gasteiger partial charge in [-0.15, -0.1) is 0 Å². The molecule has 8 heteroatoms. The number of fused-ring (bicyclic) bond motifs is 1. The van der Waals surface area contributed by atoms with Crippen LogP contribution in [0.3, 0.4) is 0 Å².